The number of aromatic nitrogens is 5. The lowest BCUT2D eigenvalue weighted by Crippen LogP contribution is -2.05. The predicted molar refractivity (Wildman–Crippen MR) is 95.0 cm³/mol. The highest BCUT2D eigenvalue weighted by Crippen LogP contribution is 2.31. The Morgan fingerprint density at radius 3 is 2.67 bits per heavy atom. The number of pyridine rings is 1. The highest BCUT2D eigenvalue weighted by atomic mass is 32.2. The monoisotopic (exact) mass is 387 g/mol. The van der Waals surface area contributed by atoms with Crippen molar-refractivity contribution >= 4 is 17.4 Å². The molecule has 3 aromatic heterocycles. The lowest BCUT2D eigenvalue weighted by Gasteiger charge is -2.08. The molecule has 0 aliphatic carbocycles. The molecule has 4 aromatic rings. The quantitative estimate of drug-likeness (QED) is 0.483. The van der Waals surface area contributed by atoms with Crippen LogP contribution in [-0.2, 0) is 11.9 Å². The molecule has 0 saturated carbocycles. The molecular weight excluding hydrogens is 375 g/mol. The first-order valence-electron chi connectivity index (χ1n) is 7.92. The summed E-state index contributed by atoms with van der Waals surface area (Å²) < 4.78 is 40.1. The Bertz CT molecular complexity index is 1080. The average Bonchev–Trinajstić information content (AvgIpc) is 3.10. The molecular formula is C18H12F3N5S. The minimum Gasteiger partial charge on any atom is -0.264 e. The van der Waals surface area contributed by atoms with Crippen LogP contribution < -0.4 is 0 Å². The van der Waals surface area contributed by atoms with Gasteiger partial charge in [0.05, 0.1) is 5.56 Å². The van der Waals surface area contributed by atoms with E-state index in [0.717, 1.165) is 17.7 Å². The van der Waals surface area contributed by atoms with Crippen molar-refractivity contribution in [2.75, 3.05) is 0 Å². The second-order valence-corrected chi connectivity index (χ2v) is 6.69. The maximum Gasteiger partial charge on any atom is 0.416 e. The Kier molecular flexibility index (Phi) is 4.53. The number of benzene rings is 1. The molecule has 4 rings (SSSR count). The van der Waals surface area contributed by atoms with Crippen LogP contribution in [-0.4, -0.2) is 24.8 Å². The van der Waals surface area contributed by atoms with Gasteiger partial charge in [-0.1, -0.05) is 30.0 Å². The van der Waals surface area contributed by atoms with Crippen LogP contribution in [0.4, 0.5) is 13.2 Å². The molecule has 1 aromatic carbocycles. The van der Waals surface area contributed by atoms with Gasteiger partial charge >= 0.3 is 6.18 Å². The van der Waals surface area contributed by atoms with Crippen molar-refractivity contribution in [3.63, 3.8) is 0 Å². The van der Waals surface area contributed by atoms with Crippen LogP contribution in [0.15, 0.2) is 66.0 Å². The molecule has 0 N–H and O–H groups in total. The lowest BCUT2D eigenvalue weighted by atomic mass is 10.1. The molecule has 0 aliphatic rings. The van der Waals surface area contributed by atoms with Gasteiger partial charge in [0, 0.05) is 23.7 Å². The first kappa shape index (κ1) is 17.5. The van der Waals surface area contributed by atoms with Gasteiger partial charge in [-0.15, -0.1) is 10.2 Å². The number of halogens is 3. The zero-order chi connectivity index (χ0) is 18.9. The van der Waals surface area contributed by atoms with Crippen molar-refractivity contribution in [3.05, 3.63) is 72.1 Å². The van der Waals surface area contributed by atoms with Crippen LogP contribution in [0.1, 0.15) is 11.1 Å². The van der Waals surface area contributed by atoms with Crippen molar-refractivity contribution in [2.24, 2.45) is 0 Å². The Labute approximate surface area is 156 Å². The van der Waals surface area contributed by atoms with E-state index in [1.807, 2.05) is 6.07 Å². The summed E-state index contributed by atoms with van der Waals surface area (Å²) in [5, 5.41) is 13.4. The fraction of sp³-hybridized carbons (Fsp3) is 0.111. The molecule has 0 atom stereocenters. The molecule has 3 heterocycles. The summed E-state index contributed by atoms with van der Waals surface area (Å²) in [7, 11) is 0. The van der Waals surface area contributed by atoms with Crippen LogP contribution in [0, 0.1) is 0 Å². The van der Waals surface area contributed by atoms with Gasteiger partial charge in [0.2, 0.25) is 0 Å². The van der Waals surface area contributed by atoms with Gasteiger partial charge in [-0.3, -0.25) is 4.98 Å². The summed E-state index contributed by atoms with van der Waals surface area (Å²) in [6, 6.07) is 12.5. The molecule has 0 spiro atoms. The highest BCUT2D eigenvalue weighted by Gasteiger charge is 2.30. The number of hydrogen-bond acceptors (Lipinski definition) is 5. The molecule has 0 aliphatic heterocycles. The van der Waals surface area contributed by atoms with Crippen molar-refractivity contribution in [2.45, 2.75) is 17.0 Å². The Morgan fingerprint density at radius 2 is 1.89 bits per heavy atom. The minimum absolute atomic E-state index is 0.368. The molecule has 0 amide bonds. The molecule has 0 unspecified atom stereocenters. The third-order valence-corrected chi connectivity index (χ3v) is 4.79. The summed E-state index contributed by atoms with van der Waals surface area (Å²) in [5.41, 5.74) is 1.28. The van der Waals surface area contributed by atoms with Gasteiger partial charge in [0.1, 0.15) is 5.03 Å². The Balaban J connectivity index is 1.58. The molecule has 0 radical (unpaired) electrons. The van der Waals surface area contributed by atoms with Crippen LogP contribution >= 0.6 is 11.8 Å². The molecule has 5 nitrogen and oxygen atoms in total. The van der Waals surface area contributed by atoms with Crippen LogP contribution in [0.25, 0.3) is 17.0 Å². The van der Waals surface area contributed by atoms with Crippen molar-refractivity contribution in [1.82, 2.24) is 24.8 Å². The fourth-order valence-corrected chi connectivity index (χ4v) is 3.32. The molecule has 0 saturated heterocycles. The molecule has 0 bridgehead atoms. The number of hydrogen-bond donors (Lipinski definition) is 0. The van der Waals surface area contributed by atoms with Gasteiger partial charge in [0.15, 0.2) is 11.5 Å². The van der Waals surface area contributed by atoms with E-state index in [9.17, 15) is 13.2 Å². The van der Waals surface area contributed by atoms with Gasteiger partial charge in [-0.25, -0.2) is 0 Å². The first-order valence-corrected chi connectivity index (χ1v) is 8.91. The molecule has 0 fully saturated rings. The SMILES string of the molecule is FC(F)(F)c1cccc(CSc2ccc3nnc(-c4cccnc4)n3n2)c1. The van der Waals surface area contributed by atoms with E-state index in [-0.39, 0.29) is 0 Å². The Hall–Kier alpha value is -2.94. The van der Waals surface area contributed by atoms with E-state index in [2.05, 4.69) is 20.3 Å². The Morgan fingerprint density at radius 1 is 1.00 bits per heavy atom. The van der Waals surface area contributed by atoms with Crippen molar-refractivity contribution < 1.29 is 13.2 Å². The molecule has 27 heavy (non-hydrogen) atoms. The van der Waals surface area contributed by atoms with E-state index in [4.69, 9.17) is 0 Å². The van der Waals surface area contributed by atoms with Crippen LogP contribution in [0.3, 0.4) is 0 Å². The standard InChI is InChI=1S/C18H12F3N5S/c19-18(20,21)14-5-1-3-12(9-14)11-27-16-7-6-15-23-24-17(26(15)25-16)13-4-2-8-22-10-13/h1-10H,11H2. The summed E-state index contributed by atoms with van der Waals surface area (Å²) >= 11 is 1.34. The van der Waals surface area contributed by atoms with Crippen molar-refractivity contribution in [1.29, 1.82) is 0 Å². The lowest BCUT2D eigenvalue weighted by molar-refractivity contribution is -0.137. The maximum absolute atomic E-state index is 12.8. The van der Waals surface area contributed by atoms with E-state index < -0.39 is 11.7 Å². The zero-order valence-corrected chi connectivity index (χ0v) is 14.6. The third-order valence-electron chi connectivity index (χ3n) is 3.80. The largest absolute Gasteiger partial charge is 0.416 e. The number of nitrogens with zero attached hydrogens (tertiary/aromatic N) is 5. The smallest absolute Gasteiger partial charge is 0.264 e. The van der Waals surface area contributed by atoms with Crippen LogP contribution in [0.5, 0.6) is 0 Å². The van der Waals surface area contributed by atoms with Gasteiger partial charge in [-0.05, 0) is 35.9 Å². The second-order valence-electron chi connectivity index (χ2n) is 5.69. The van der Waals surface area contributed by atoms with E-state index in [0.29, 0.717) is 27.8 Å². The minimum atomic E-state index is -4.35. The van der Waals surface area contributed by atoms with Crippen LogP contribution in [0.2, 0.25) is 0 Å². The van der Waals surface area contributed by atoms with Gasteiger partial charge in [0.25, 0.3) is 0 Å². The molecule has 9 heteroatoms. The topological polar surface area (TPSA) is 56.0 Å². The summed E-state index contributed by atoms with van der Waals surface area (Å²) in [6.07, 6.45) is -1.02. The van der Waals surface area contributed by atoms with E-state index in [1.54, 1.807) is 41.2 Å². The normalized spacial score (nSPS) is 11.8. The summed E-state index contributed by atoms with van der Waals surface area (Å²) in [4.78, 5) is 4.07. The van der Waals surface area contributed by atoms with Gasteiger partial charge < -0.3 is 0 Å². The maximum atomic E-state index is 12.8. The number of thioether (sulfide) groups is 1. The average molecular weight is 387 g/mol. The zero-order valence-electron chi connectivity index (χ0n) is 13.8. The summed E-state index contributed by atoms with van der Waals surface area (Å²) in [5.74, 6) is 0.923. The number of fused-ring (bicyclic) bond motifs is 1. The first-order chi connectivity index (χ1) is 13.0. The fourth-order valence-electron chi connectivity index (χ4n) is 2.52. The van der Waals surface area contributed by atoms with E-state index >= 15 is 0 Å². The number of rotatable bonds is 4. The third kappa shape index (κ3) is 3.77. The highest BCUT2D eigenvalue weighted by molar-refractivity contribution is 7.98. The van der Waals surface area contributed by atoms with E-state index in [1.165, 1.54) is 17.8 Å². The second kappa shape index (κ2) is 6.99. The summed E-state index contributed by atoms with van der Waals surface area (Å²) in [6.45, 7) is 0. The van der Waals surface area contributed by atoms with Gasteiger partial charge in [-0.2, -0.15) is 22.8 Å². The van der Waals surface area contributed by atoms with Crippen molar-refractivity contribution in [3.8, 4) is 11.4 Å². The number of alkyl halides is 3. The molecule has 136 valence electrons. The predicted octanol–water partition coefficient (Wildman–Crippen LogP) is 4.50.